The van der Waals surface area contributed by atoms with Crippen LogP contribution in [-0.4, -0.2) is 53.6 Å². The largest absolute Gasteiger partial charge is 0.481 e. The second kappa shape index (κ2) is 7.72. The summed E-state index contributed by atoms with van der Waals surface area (Å²) in [6.45, 7) is 4.92. The van der Waals surface area contributed by atoms with Crippen LogP contribution in [0.3, 0.4) is 0 Å². The van der Waals surface area contributed by atoms with Gasteiger partial charge in [-0.1, -0.05) is 6.92 Å². The predicted molar refractivity (Wildman–Crippen MR) is 73.2 cm³/mol. The fraction of sp³-hybridized carbons (Fsp3) is 0.769. The number of carboxylic acid groups (broad SMARTS) is 1. The van der Waals surface area contributed by atoms with Crippen molar-refractivity contribution in [1.29, 1.82) is 0 Å². The van der Waals surface area contributed by atoms with Crippen LogP contribution in [0.25, 0.3) is 0 Å². The summed E-state index contributed by atoms with van der Waals surface area (Å²) >= 11 is 0. The number of likely N-dealkylation sites (tertiary alicyclic amines) is 1. The zero-order chi connectivity index (χ0) is 15.1. The number of carbonyl (C=O) groups excluding carboxylic acids is 2. The van der Waals surface area contributed by atoms with Crippen molar-refractivity contribution >= 4 is 17.9 Å². The van der Waals surface area contributed by atoms with Gasteiger partial charge in [0.2, 0.25) is 5.91 Å². The Morgan fingerprint density at radius 3 is 2.35 bits per heavy atom. The molecule has 3 amide bonds. The van der Waals surface area contributed by atoms with Crippen molar-refractivity contribution in [3.05, 3.63) is 0 Å². The second-order valence-electron chi connectivity index (χ2n) is 5.05. The Labute approximate surface area is 118 Å². The Hall–Kier alpha value is -1.79. The van der Waals surface area contributed by atoms with Gasteiger partial charge in [-0.05, 0) is 26.2 Å². The monoisotopic (exact) mass is 285 g/mol. The highest BCUT2D eigenvalue weighted by Crippen LogP contribution is 2.08. The summed E-state index contributed by atoms with van der Waals surface area (Å²) in [5.41, 5.74) is 0. The molecule has 1 saturated heterocycles. The molecule has 0 saturated carbocycles. The number of nitrogens with zero attached hydrogens (tertiary/aromatic N) is 1. The Kier molecular flexibility index (Phi) is 6.27. The van der Waals surface area contributed by atoms with Crippen LogP contribution in [-0.2, 0) is 9.59 Å². The van der Waals surface area contributed by atoms with Gasteiger partial charge in [0.25, 0.3) is 0 Å². The van der Waals surface area contributed by atoms with E-state index in [1.807, 2.05) is 0 Å². The molecule has 0 bridgehead atoms. The van der Waals surface area contributed by atoms with Gasteiger partial charge in [-0.25, -0.2) is 4.79 Å². The van der Waals surface area contributed by atoms with Crippen LogP contribution in [0.5, 0.6) is 0 Å². The molecule has 3 N–H and O–H groups in total. The lowest BCUT2D eigenvalue weighted by atomic mass is 10.1. The molecule has 114 valence electrons. The quantitative estimate of drug-likeness (QED) is 0.658. The second-order valence-corrected chi connectivity index (χ2v) is 5.05. The smallest absolute Gasteiger partial charge is 0.315 e. The summed E-state index contributed by atoms with van der Waals surface area (Å²) < 4.78 is 0. The molecule has 7 nitrogen and oxygen atoms in total. The number of carbonyl (C=O) groups is 3. The van der Waals surface area contributed by atoms with E-state index in [9.17, 15) is 14.4 Å². The van der Waals surface area contributed by atoms with E-state index in [-0.39, 0.29) is 12.5 Å². The van der Waals surface area contributed by atoms with Crippen molar-refractivity contribution in [3.63, 3.8) is 0 Å². The Bertz CT molecular complexity index is 367. The minimum absolute atomic E-state index is 0.0578. The topological polar surface area (TPSA) is 98.7 Å². The average molecular weight is 285 g/mol. The first kappa shape index (κ1) is 16.3. The number of hydrogen-bond acceptors (Lipinski definition) is 3. The Morgan fingerprint density at radius 2 is 1.85 bits per heavy atom. The van der Waals surface area contributed by atoms with Crippen LogP contribution in [0.4, 0.5) is 4.79 Å². The first-order valence-electron chi connectivity index (χ1n) is 7.01. The molecule has 2 unspecified atom stereocenters. The molecule has 0 aromatic rings. The lowest BCUT2D eigenvalue weighted by Gasteiger charge is -2.21. The summed E-state index contributed by atoms with van der Waals surface area (Å²) in [7, 11) is 0. The minimum atomic E-state index is -0.936. The van der Waals surface area contributed by atoms with Crippen molar-refractivity contribution in [3.8, 4) is 0 Å². The number of carboxylic acids is 1. The molecule has 1 heterocycles. The van der Waals surface area contributed by atoms with Gasteiger partial charge >= 0.3 is 12.0 Å². The number of nitrogens with one attached hydrogen (secondary N) is 2. The van der Waals surface area contributed by atoms with Gasteiger partial charge in [-0.2, -0.15) is 0 Å². The zero-order valence-corrected chi connectivity index (χ0v) is 12.0. The third-order valence-corrected chi connectivity index (χ3v) is 3.49. The minimum Gasteiger partial charge on any atom is -0.481 e. The molecule has 20 heavy (non-hydrogen) atoms. The molecular weight excluding hydrogens is 262 g/mol. The van der Waals surface area contributed by atoms with Gasteiger partial charge in [0, 0.05) is 19.6 Å². The number of rotatable bonds is 6. The fourth-order valence-corrected chi connectivity index (χ4v) is 2.14. The Morgan fingerprint density at radius 1 is 1.25 bits per heavy atom. The summed E-state index contributed by atoms with van der Waals surface area (Å²) in [5, 5.41) is 13.9. The van der Waals surface area contributed by atoms with Gasteiger partial charge in [-0.3, -0.25) is 9.59 Å². The molecule has 0 aromatic carbocycles. The van der Waals surface area contributed by atoms with E-state index in [0.29, 0.717) is 6.42 Å². The molecule has 0 spiro atoms. The summed E-state index contributed by atoms with van der Waals surface area (Å²) in [6.07, 6.45) is 2.45. The van der Waals surface area contributed by atoms with Gasteiger partial charge < -0.3 is 20.6 Å². The lowest BCUT2D eigenvalue weighted by Crippen LogP contribution is -2.50. The predicted octanol–water partition coefficient (Wildman–Crippen LogP) is 0.407. The number of hydrogen-bond donors (Lipinski definition) is 3. The van der Waals surface area contributed by atoms with Crippen molar-refractivity contribution < 1.29 is 19.5 Å². The van der Waals surface area contributed by atoms with E-state index in [0.717, 1.165) is 25.9 Å². The molecule has 1 fully saturated rings. The maximum absolute atomic E-state index is 12.0. The van der Waals surface area contributed by atoms with E-state index >= 15 is 0 Å². The first-order chi connectivity index (χ1) is 9.45. The van der Waals surface area contributed by atoms with Crippen molar-refractivity contribution in [2.24, 2.45) is 5.92 Å². The number of urea groups is 1. The molecule has 0 radical (unpaired) electrons. The van der Waals surface area contributed by atoms with Crippen LogP contribution in [0.15, 0.2) is 0 Å². The van der Waals surface area contributed by atoms with Crippen LogP contribution < -0.4 is 10.6 Å². The number of aliphatic carboxylic acids is 1. The standard InChI is InChI=1S/C13H23N3O4/c1-3-10(12(18)19)8-14-13(20)15-9(2)11(17)16-6-4-5-7-16/h9-10H,3-8H2,1-2H3,(H,18,19)(H2,14,15,20). The van der Waals surface area contributed by atoms with Gasteiger partial charge in [0.15, 0.2) is 0 Å². The SMILES string of the molecule is CCC(CNC(=O)NC(C)C(=O)N1CCCC1)C(=O)O. The molecule has 1 aliphatic rings. The van der Waals surface area contributed by atoms with Crippen molar-refractivity contribution in [1.82, 2.24) is 15.5 Å². The lowest BCUT2D eigenvalue weighted by molar-refractivity contribution is -0.141. The first-order valence-corrected chi connectivity index (χ1v) is 7.01. The zero-order valence-electron chi connectivity index (χ0n) is 12.0. The molecule has 0 aliphatic carbocycles. The molecule has 1 aliphatic heterocycles. The van der Waals surface area contributed by atoms with Gasteiger partial charge in [0.1, 0.15) is 6.04 Å². The highest BCUT2D eigenvalue weighted by Gasteiger charge is 2.24. The molecule has 1 rings (SSSR count). The average Bonchev–Trinajstić information content (AvgIpc) is 2.91. The number of amides is 3. The summed E-state index contributed by atoms with van der Waals surface area (Å²) in [6, 6.07) is -1.11. The molecule has 2 atom stereocenters. The van der Waals surface area contributed by atoms with E-state index in [4.69, 9.17) is 5.11 Å². The highest BCUT2D eigenvalue weighted by molar-refractivity contribution is 5.87. The molecular formula is C13H23N3O4. The van der Waals surface area contributed by atoms with E-state index < -0.39 is 24.0 Å². The van der Waals surface area contributed by atoms with Crippen LogP contribution in [0.1, 0.15) is 33.1 Å². The van der Waals surface area contributed by atoms with Crippen LogP contribution >= 0.6 is 0 Å². The van der Waals surface area contributed by atoms with Crippen LogP contribution in [0, 0.1) is 5.92 Å². The van der Waals surface area contributed by atoms with E-state index in [2.05, 4.69) is 10.6 Å². The van der Waals surface area contributed by atoms with Crippen molar-refractivity contribution in [2.75, 3.05) is 19.6 Å². The molecule has 0 aromatic heterocycles. The highest BCUT2D eigenvalue weighted by atomic mass is 16.4. The summed E-state index contributed by atoms with van der Waals surface area (Å²) in [4.78, 5) is 36.2. The maximum atomic E-state index is 12.0. The Balaban J connectivity index is 2.33. The fourth-order valence-electron chi connectivity index (χ4n) is 2.14. The third-order valence-electron chi connectivity index (χ3n) is 3.49. The maximum Gasteiger partial charge on any atom is 0.315 e. The van der Waals surface area contributed by atoms with Gasteiger partial charge in [0.05, 0.1) is 5.92 Å². The molecule has 7 heteroatoms. The van der Waals surface area contributed by atoms with E-state index in [1.165, 1.54) is 0 Å². The van der Waals surface area contributed by atoms with E-state index in [1.54, 1.807) is 18.7 Å². The van der Waals surface area contributed by atoms with Gasteiger partial charge in [-0.15, -0.1) is 0 Å². The summed E-state index contributed by atoms with van der Waals surface area (Å²) in [5.74, 6) is -1.64. The van der Waals surface area contributed by atoms with Crippen molar-refractivity contribution in [2.45, 2.75) is 39.2 Å². The third kappa shape index (κ3) is 4.71. The normalized spacial score (nSPS) is 17.4. The van der Waals surface area contributed by atoms with Crippen LogP contribution in [0.2, 0.25) is 0 Å².